The van der Waals surface area contributed by atoms with Crippen LogP contribution in [0, 0.1) is 6.92 Å². The lowest BCUT2D eigenvalue weighted by molar-refractivity contribution is 0.482. The predicted octanol–water partition coefficient (Wildman–Crippen LogP) is 4.81. The molecular formula is C16H30O3S. The summed E-state index contributed by atoms with van der Waals surface area (Å²) >= 11 is 0. The standard InChI is InChI=1S/C12H18O3S.2C2H6/c1-4-6-11-7-9(3)10(5-2)8-12(11)16(13,14)15;2*1-2/h7-8H,4-6H2,1-3H3,(H,13,14,15);2*1-2H3. The van der Waals surface area contributed by atoms with Gasteiger partial charge in [0.1, 0.15) is 0 Å². The summed E-state index contributed by atoms with van der Waals surface area (Å²) in [5, 5.41) is 0. The second-order valence-corrected chi connectivity index (χ2v) is 5.35. The molecule has 3 nitrogen and oxygen atoms in total. The maximum atomic E-state index is 11.3. The highest BCUT2D eigenvalue weighted by atomic mass is 32.2. The van der Waals surface area contributed by atoms with Crippen molar-refractivity contribution >= 4 is 10.1 Å². The van der Waals surface area contributed by atoms with Crippen molar-refractivity contribution in [3.63, 3.8) is 0 Å². The number of rotatable bonds is 4. The molecule has 0 atom stereocenters. The first-order chi connectivity index (χ1) is 9.40. The fourth-order valence-corrected chi connectivity index (χ4v) is 2.66. The Morgan fingerprint density at radius 3 is 1.85 bits per heavy atom. The summed E-state index contributed by atoms with van der Waals surface area (Å²) in [6.45, 7) is 13.9. The summed E-state index contributed by atoms with van der Waals surface area (Å²) in [6, 6.07) is 3.46. The molecule has 118 valence electrons. The number of aryl methyl sites for hydroxylation is 3. The molecule has 20 heavy (non-hydrogen) atoms. The molecule has 1 aromatic rings. The van der Waals surface area contributed by atoms with Gasteiger partial charge in [-0.2, -0.15) is 8.42 Å². The molecular weight excluding hydrogens is 272 g/mol. The fourth-order valence-electron chi connectivity index (χ4n) is 1.88. The third-order valence-electron chi connectivity index (χ3n) is 2.70. The zero-order valence-electron chi connectivity index (χ0n) is 13.9. The van der Waals surface area contributed by atoms with E-state index in [1.54, 1.807) is 6.07 Å². The largest absolute Gasteiger partial charge is 0.294 e. The number of hydrogen-bond acceptors (Lipinski definition) is 2. The van der Waals surface area contributed by atoms with Gasteiger partial charge in [0.05, 0.1) is 4.90 Å². The molecule has 0 amide bonds. The lowest BCUT2D eigenvalue weighted by Crippen LogP contribution is -2.05. The topological polar surface area (TPSA) is 54.4 Å². The average Bonchev–Trinajstić information content (AvgIpc) is 2.42. The molecule has 0 radical (unpaired) electrons. The minimum absolute atomic E-state index is 0.0665. The molecule has 0 aromatic heterocycles. The van der Waals surface area contributed by atoms with Crippen molar-refractivity contribution in [3.8, 4) is 0 Å². The summed E-state index contributed by atoms with van der Waals surface area (Å²) in [5.41, 5.74) is 2.76. The van der Waals surface area contributed by atoms with E-state index in [0.717, 1.165) is 24.0 Å². The number of benzene rings is 1. The third-order valence-corrected chi connectivity index (χ3v) is 3.63. The van der Waals surface area contributed by atoms with Gasteiger partial charge in [-0.1, -0.05) is 54.0 Å². The van der Waals surface area contributed by atoms with Crippen LogP contribution in [0.1, 0.15) is 64.7 Å². The van der Waals surface area contributed by atoms with Gasteiger partial charge in [-0.15, -0.1) is 0 Å². The van der Waals surface area contributed by atoms with E-state index in [4.69, 9.17) is 0 Å². The zero-order valence-corrected chi connectivity index (χ0v) is 14.8. The first-order valence-corrected chi connectivity index (χ1v) is 8.94. The van der Waals surface area contributed by atoms with Gasteiger partial charge >= 0.3 is 0 Å². The molecule has 1 aromatic carbocycles. The second kappa shape index (κ2) is 10.9. The fraction of sp³-hybridized carbons (Fsp3) is 0.625. The number of hydrogen-bond donors (Lipinski definition) is 1. The van der Waals surface area contributed by atoms with Crippen LogP contribution >= 0.6 is 0 Å². The van der Waals surface area contributed by atoms with E-state index in [1.165, 1.54) is 0 Å². The smallest absolute Gasteiger partial charge is 0.282 e. The van der Waals surface area contributed by atoms with Crippen molar-refractivity contribution in [1.29, 1.82) is 0 Å². The van der Waals surface area contributed by atoms with Crippen molar-refractivity contribution in [2.45, 2.75) is 72.6 Å². The molecule has 1 rings (SSSR count). The summed E-state index contributed by atoms with van der Waals surface area (Å²) in [5.74, 6) is 0. The van der Waals surface area contributed by atoms with Crippen LogP contribution in [-0.4, -0.2) is 13.0 Å². The van der Waals surface area contributed by atoms with Crippen molar-refractivity contribution in [2.75, 3.05) is 0 Å². The zero-order chi connectivity index (χ0) is 16.3. The average molecular weight is 302 g/mol. The van der Waals surface area contributed by atoms with Gasteiger partial charge in [0.25, 0.3) is 10.1 Å². The Morgan fingerprint density at radius 2 is 1.50 bits per heavy atom. The Kier molecular flexibility index (Phi) is 11.6. The van der Waals surface area contributed by atoms with Crippen molar-refractivity contribution in [1.82, 2.24) is 0 Å². The Labute approximate surface area is 125 Å². The van der Waals surface area contributed by atoms with E-state index < -0.39 is 10.1 Å². The summed E-state index contributed by atoms with van der Waals surface area (Å²) in [4.78, 5) is 0.0665. The van der Waals surface area contributed by atoms with E-state index in [9.17, 15) is 13.0 Å². The minimum Gasteiger partial charge on any atom is -0.282 e. The highest BCUT2D eigenvalue weighted by Gasteiger charge is 2.16. The van der Waals surface area contributed by atoms with Crippen molar-refractivity contribution in [3.05, 3.63) is 28.8 Å². The third kappa shape index (κ3) is 6.53. The van der Waals surface area contributed by atoms with Crippen LogP contribution in [0.5, 0.6) is 0 Å². The molecule has 0 fully saturated rings. The Morgan fingerprint density at radius 1 is 1.00 bits per heavy atom. The summed E-state index contributed by atoms with van der Waals surface area (Å²) in [6.07, 6.45) is 2.29. The predicted molar refractivity (Wildman–Crippen MR) is 87.1 cm³/mol. The van der Waals surface area contributed by atoms with Crippen LogP contribution in [0.3, 0.4) is 0 Å². The molecule has 4 heteroatoms. The van der Waals surface area contributed by atoms with Crippen LogP contribution in [0.25, 0.3) is 0 Å². The summed E-state index contributed by atoms with van der Waals surface area (Å²) in [7, 11) is -4.11. The maximum Gasteiger partial charge on any atom is 0.294 e. The molecule has 0 aliphatic heterocycles. The van der Waals surface area contributed by atoms with Gasteiger partial charge in [-0.25, -0.2) is 0 Å². The van der Waals surface area contributed by atoms with Crippen LogP contribution in [0.2, 0.25) is 0 Å². The lowest BCUT2D eigenvalue weighted by atomic mass is 10.0. The Balaban J connectivity index is 0. The van der Waals surface area contributed by atoms with E-state index in [2.05, 4.69) is 0 Å². The van der Waals surface area contributed by atoms with Gasteiger partial charge in [0, 0.05) is 0 Å². The van der Waals surface area contributed by atoms with Crippen LogP contribution in [0.15, 0.2) is 17.0 Å². The van der Waals surface area contributed by atoms with Crippen LogP contribution in [0.4, 0.5) is 0 Å². The highest BCUT2D eigenvalue weighted by Crippen LogP contribution is 2.22. The quantitative estimate of drug-likeness (QED) is 0.812. The van der Waals surface area contributed by atoms with Gasteiger partial charge < -0.3 is 0 Å². The van der Waals surface area contributed by atoms with Crippen LogP contribution in [-0.2, 0) is 23.0 Å². The van der Waals surface area contributed by atoms with Gasteiger partial charge in [-0.05, 0) is 42.5 Å². The van der Waals surface area contributed by atoms with E-state index in [1.807, 2.05) is 54.5 Å². The summed E-state index contributed by atoms with van der Waals surface area (Å²) < 4.78 is 31.7. The molecule has 0 unspecified atom stereocenters. The highest BCUT2D eigenvalue weighted by molar-refractivity contribution is 7.85. The molecule has 0 saturated heterocycles. The van der Waals surface area contributed by atoms with E-state index in [-0.39, 0.29) is 4.90 Å². The molecule has 1 N–H and O–H groups in total. The lowest BCUT2D eigenvalue weighted by Gasteiger charge is -2.11. The Hall–Kier alpha value is -0.870. The van der Waals surface area contributed by atoms with E-state index >= 15 is 0 Å². The molecule has 0 saturated carbocycles. The molecule has 0 spiro atoms. The van der Waals surface area contributed by atoms with Crippen molar-refractivity contribution in [2.24, 2.45) is 0 Å². The van der Waals surface area contributed by atoms with Crippen LogP contribution < -0.4 is 0 Å². The normalized spacial score (nSPS) is 10.0. The Bertz CT molecular complexity index is 477. The second-order valence-electron chi connectivity index (χ2n) is 3.97. The molecule has 0 bridgehead atoms. The van der Waals surface area contributed by atoms with Crippen molar-refractivity contribution < 1.29 is 13.0 Å². The molecule has 0 heterocycles. The van der Waals surface area contributed by atoms with E-state index in [0.29, 0.717) is 12.0 Å². The first-order valence-electron chi connectivity index (χ1n) is 7.50. The van der Waals surface area contributed by atoms with Gasteiger partial charge in [0.2, 0.25) is 0 Å². The van der Waals surface area contributed by atoms with Gasteiger partial charge in [-0.3, -0.25) is 4.55 Å². The SMILES string of the molecule is CC.CC.CCCc1cc(C)c(CC)cc1S(=O)(=O)O. The molecule has 0 aliphatic carbocycles. The monoisotopic (exact) mass is 302 g/mol. The minimum atomic E-state index is -4.11. The molecule has 0 aliphatic rings. The van der Waals surface area contributed by atoms with Gasteiger partial charge in [0.15, 0.2) is 0 Å². The first kappa shape index (κ1) is 21.4. The maximum absolute atomic E-state index is 11.3.